The van der Waals surface area contributed by atoms with Crippen LogP contribution < -0.4 is 10.6 Å². The highest BCUT2D eigenvalue weighted by Crippen LogP contribution is 2.41. The highest BCUT2D eigenvalue weighted by Gasteiger charge is 2.35. The van der Waals surface area contributed by atoms with Crippen LogP contribution in [0.3, 0.4) is 0 Å². The van der Waals surface area contributed by atoms with Crippen molar-refractivity contribution in [1.82, 2.24) is 0 Å². The molecule has 1 fully saturated rings. The molecule has 2 aliphatic rings. The summed E-state index contributed by atoms with van der Waals surface area (Å²) >= 11 is 2.04. The van der Waals surface area contributed by atoms with E-state index in [0.29, 0.717) is 8.99 Å². The van der Waals surface area contributed by atoms with Crippen molar-refractivity contribution in [2.45, 2.75) is 25.7 Å². The van der Waals surface area contributed by atoms with Crippen LogP contribution in [-0.4, -0.2) is 13.1 Å². The van der Waals surface area contributed by atoms with Gasteiger partial charge in [0.25, 0.3) is 0 Å². The maximum Gasteiger partial charge on any atom is 0.138 e. The van der Waals surface area contributed by atoms with Gasteiger partial charge in [0.15, 0.2) is 0 Å². The monoisotopic (exact) mass is 346 g/mol. The van der Waals surface area contributed by atoms with Gasteiger partial charge < -0.3 is 10.6 Å². The lowest BCUT2D eigenvalue weighted by Crippen LogP contribution is -2.31. The maximum absolute atomic E-state index is 13.5. The third-order valence-electron chi connectivity index (χ3n) is 4.03. The van der Waals surface area contributed by atoms with Gasteiger partial charge in [-0.15, -0.1) is 0 Å². The largest absolute Gasteiger partial charge is 0.383 e. The summed E-state index contributed by atoms with van der Waals surface area (Å²) in [6.45, 7) is 1.97. The molecule has 0 bridgehead atoms. The van der Waals surface area contributed by atoms with Crippen LogP contribution >= 0.6 is 22.6 Å². The summed E-state index contributed by atoms with van der Waals surface area (Å²) in [4.78, 5) is 0. The average Bonchev–Trinajstić information content (AvgIpc) is 2.70. The predicted octanol–water partition coefficient (Wildman–Crippen LogP) is 3.83. The summed E-state index contributed by atoms with van der Waals surface area (Å²) in [5, 5.41) is 6.91. The van der Waals surface area contributed by atoms with Crippen molar-refractivity contribution in [3.05, 3.63) is 21.5 Å². The molecule has 1 aliphatic heterocycles. The molecule has 0 amide bonds. The smallest absolute Gasteiger partial charge is 0.138 e. The van der Waals surface area contributed by atoms with Crippen molar-refractivity contribution in [3.8, 4) is 0 Å². The second kappa shape index (κ2) is 4.30. The number of halogens is 2. The Hall–Kier alpha value is -0.520. The van der Waals surface area contributed by atoms with Crippen molar-refractivity contribution >= 4 is 34.0 Å². The quantitative estimate of drug-likeness (QED) is 0.698. The van der Waals surface area contributed by atoms with Gasteiger partial charge in [0, 0.05) is 24.6 Å². The van der Waals surface area contributed by atoms with Gasteiger partial charge in [0.2, 0.25) is 0 Å². The minimum absolute atomic E-state index is 0.138. The van der Waals surface area contributed by atoms with Crippen LogP contribution in [0.4, 0.5) is 15.8 Å². The van der Waals surface area contributed by atoms with Gasteiger partial charge in [0.05, 0.1) is 14.9 Å². The lowest BCUT2D eigenvalue weighted by molar-refractivity contribution is 0.346. The van der Waals surface area contributed by atoms with Crippen LogP contribution in [0.5, 0.6) is 0 Å². The second-order valence-electron chi connectivity index (χ2n) is 5.23. The lowest BCUT2D eigenvalue weighted by Gasteiger charge is -2.26. The van der Waals surface area contributed by atoms with Crippen LogP contribution in [0, 0.1) is 14.8 Å². The Labute approximate surface area is 115 Å². The molecule has 1 aliphatic carbocycles. The molecule has 1 aromatic carbocycles. The van der Waals surface area contributed by atoms with Crippen LogP contribution in [0.25, 0.3) is 0 Å². The first-order chi connectivity index (χ1) is 8.19. The predicted molar refractivity (Wildman–Crippen MR) is 77.0 cm³/mol. The first-order valence-corrected chi connectivity index (χ1v) is 7.23. The SMILES string of the molecule is Fc1cc2c(cc1I)NCC1(CCCC1)CN2. The fourth-order valence-electron chi connectivity index (χ4n) is 2.95. The Kier molecular flexibility index (Phi) is 2.92. The first-order valence-electron chi connectivity index (χ1n) is 6.15. The zero-order chi connectivity index (χ0) is 11.9. The van der Waals surface area contributed by atoms with Crippen LogP contribution in [0.15, 0.2) is 12.1 Å². The summed E-state index contributed by atoms with van der Waals surface area (Å²) in [5.41, 5.74) is 2.33. The number of rotatable bonds is 0. The molecule has 1 aromatic rings. The van der Waals surface area contributed by atoms with Crippen molar-refractivity contribution in [2.75, 3.05) is 23.7 Å². The first kappa shape index (κ1) is 11.6. The number of hydrogen-bond donors (Lipinski definition) is 2. The zero-order valence-electron chi connectivity index (χ0n) is 9.65. The van der Waals surface area contributed by atoms with Gasteiger partial charge in [-0.05, 0) is 41.5 Å². The standard InChI is InChI=1S/C13H16FIN2/c14-9-5-11-12(6-10(9)15)17-8-13(7-16-11)3-1-2-4-13/h5-6,16-17H,1-4,7-8H2. The van der Waals surface area contributed by atoms with Gasteiger partial charge in [-0.2, -0.15) is 0 Å². The molecule has 2 N–H and O–H groups in total. The van der Waals surface area contributed by atoms with Gasteiger partial charge in [-0.1, -0.05) is 12.8 Å². The number of benzene rings is 1. The van der Waals surface area contributed by atoms with E-state index in [4.69, 9.17) is 0 Å². The summed E-state index contributed by atoms with van der Waals surface area (Å²) in [6.07, 6.45) is 5.21. The molecule has 0 unspecified atom stereocenters. The van der Waals surface area contributed by atoms with E-state index in [1.807, 2.05) is 28.7 Å². The average molecular weight is 346 g/mol. The third-order valence-corrected chi connectivity index (χ3v) is 4.86. The Morgan fingerprint density at radius 3 is 2.29 bits per heavy atom. The molecular formula is C13H16FIN2. The maximum atomic E-state index is 13.5. The van der Waals surface area contributed by atoms with Crippen LogP contribution in [0.1, 0.15) is 25.7 Å². The number of anilines is 2. The van der Waals surface area contributed by atoms with Crippen molar-refractivity contribution in [1.29, 1.82) is 0 Å². The van der Waals surface area contributed by atoms with E-state index in [-0.39, 0.29) is 5.82 Å². The molecule has 0 atom stereocenters. The molecule has 4 heteroatoms. The minimum Gasteiger partial charge on any atom is -0.383 e. The van der Waals surface area contributed by atoms with Crippen molar-refractivity contribution < 1.29 is 4.39 Å². The van der Waals surface area contributed by atoms with Crippen LogP contribution in [-0.2, 0) is 0 Å². The highest BCUT2D eigenvalue weighted by atomic mass is 127. The molecule has 17 heavy (non-hydrogen) atoms. The third kappa shape index (κ3) is 2.11. The number of hydrogen-bond acceptors (Lipinski definition) is 2. The summed E-state index contributed by atoms with van der Waals surface area (Å²) in [6, 6.07) is 3.50. The van der Waals surface area contributed by atoms with Crippen molar-refractivity contribution in [2.24, 2.45) is 5.41 Å². The van der Waals surface area contributed by atoms with Gasteiger partial charge in [-0.25, -0.2) is 4.39 Å². The summed E-state index contributed by atoms with van der Waals surface area (Å²) in [7, 11) is 0. The Bertz CT molecular complexity index is 406. The van der Waals surface area contributed by atoms with E-state index in [0.717, 1.165) is 24.5 Å². The van der Waals surface area contributed by atoms with E-state index in [2.05, 4.69) is 10.6 Å². The van der Waals surface area contributed by atoms with E-state index in [1.165, 1.54) is 25.7 Å². The van der Waals surface area contributed by atoms with Gasteiger partial charge in [0.1, 0.15) is 5.82 Å². The van der Waals surface area contributed by atoms with E-state index in [1.54, 1.807) is 6.07 Å². The second-order valence-corrected chi connectivity index (χ2v) is 6.39. The van der Waals surface area contributed by atoms with Crippen molar-refractivity contribution in [3.63, 3.8) is 0 Å². The Balaban J connectivity index is 1.89. The minimum atomic E-state index is -0.138. The zero-order valence-corrected chi connectivity index (χ0v) is 11.8. The van der Waals surface area contributed by atoms with Gasteiger partial charge >= 0.3 is 0 Å². The summed E-state index contributed by atoms with van der Waals surface area (Å²) in [5.74, 6) is -0.138. The molecule has 2 nitrogen and oxygen atoms in total. The Morgan fingerprint density at radius 1 is 1.06 bits per heavy atom. The fraction of sp³-hybridized carbons (Fsp3) is 0.538. The molecule has 0 aromatic heterocycles. The normalized spacial score (nSPS) is 21.5. The molecule has 0 saturated heterocycles. The lowest BCUT2D eigenvalue weighted by atomic mass is 9.86. The molecule has 92 valence electrons. The molecule has 3 rings (SSSR count). The number of fused-ring (bicyclic) bond motifs is 1. The van der Waals surface area contributed by atoms with E-state index < -0.39 is 0 Å². The van der Waals surface area contributed by atoms with Crippen LogP contribution in [0.2, 0.25) is 0 Å². The Morgan fingerprint density at radius 2 is 1.65 bits per heavy atom. The fourth-order valence-corrected chi connectivity index (χ4v) is 3.41. The molecule has 1 spiro atoms. The molecule has 1 heterocycles. The summed E-state index contributed by atoms with van der Waals surface area (Å²) < 4.78 is 14.2. The van der Waals surface area contributed by atoms with E-state index in [9.17, 15) is 4.39 Å². The molecule has 1 saturated carbocycles. The molecule has 0 radical (unpaired) electrons. The molecular weight excluding hydrogens is 330 g/mol. The topological polar surface area (TPSA) is 24.1 Å². The highest BCUT2D eigenvalue weighted by molar-refractivity contribution is 14.1. The number of nitrogens with one attached hydrogen (secondary N) is 2. The van der Waals surface area contributed by atoms with Gasteiger partial charge in [-0.3, -0.25) is 0 Å². The van der Waals surface area contributed by atoms with E-state index >= 15 is 0 Å².